The molecule has 0 N–H and O–H groups in total. The average molecular weight is 184 g/mol. The van der Waals surface area contributed by atoms with Crippen LogP contribution in [-0.2, 0) is 4.74 Å². The lowest BCUT2D eigenvalue weighted by molar-refractivity contribution is 0.123. The summed E-state index contributed by atoms with van der Waals surface area (Å²) in [5, 5.41) is 1.30. The molecule has 0 unspecified atom stereocenters. The summed E-state index contributed by atoms with van der Waals surface area (Å²) in [6.07, 6.45) is 0. The summed E-state index contributed by atoms with van der Waals surface area (Å²) in [4.78, 5) is 6.57. The van der Waals surface area contributed by atoms with Gasteiger partial charge in [-0.2, -0.15) is 0 Å². The molecule has 0 radical (unpaired) electrons. The number of anilines is 1. The molecule has 1 aliphatic rings. The smallest absolute Gasteiger partial charge is 0.114 e. The molecule has 2 heterocycles. The zero-order chi connectivity index (χ0) is 8.39. The Labute approximate surface area is 76.0 Å². The van der Waals surface area contributed by atoms with E-state index in [-0.39, 0.29) is 0 Å². The highest BCUT2D eigenvalue weighted by Gasteiger charge is 2.14. The van der Waals surface area contributed by atoms with Crippen LogP contribution in [0.3, 0.4) is 0 Å². The van der Waals surface area contributed by atoms with Crippen LogP contribution in [-0.4, -0.2) is 31.3 Å². The molecule has 1 aromatic rings. The fourth-order valence-corrected chi connectivity index (χ4v) is 2.23. The van der Waals surface area contributed by atoms with E-state index < -0.39 is 0 Å². The summed E-state index contributed by atoms with van der Waals surface area (Å²) in [6.45, 7) is 5.75. The van der Waals surface area contributed by atoms with Gasteiger partial charge in [-0.05, 0) is 6.92 Å². The zero-order valence-electron chi connectivity index (χ0n) is 7.12. The minimum absolute atomic E-state index is 0.845. The van der Waals surface area contributed by atoms with Crippen LogP contribution in [0.15, 0.2) is 5.51 Å². The quantitative estimate of drug-likeness (QED) is 0.657. The number of ether oxygens (including phenoxy) is 1. The van der Waals surface area contributed by atoms with Gasteiger partial charge in [-0.15, -0.1) is 11.3 Å². The van der Waals surface area contributed by atoms with E-state index in [0.29, 0.717) is 0 Å². The lowest BCUT2D eigenvalue weighted by Crippen LogP contribution is -2.36. The third kappa shape index (κ3) is 1.44. The van der Waals surface area contributed by atoms with E-state index in [9.17, 15) is 0 Å². The third-order valence-electron chi connectivity index (χ3n) is 2.02. The number of aryl methyl sites for hydroxylation is 1. The first-order valence-corrected chi connectivity index (χ1v) is 4.98. The van der Waals surface area contributed by atoms with Crippen LogP contribution in [0.2, 0.25) is 0 Å². The van der Waals surface area contributed by atoms with E-state index in [4.69, 9.17) is 4.74 Å². The molecule has 1 aromatic heterocycles. The lowest BCUT2D eigenvalue weighted by Gasteiger charge is -2.27. The highest BCUT2D eigenvalue weighted by molar-refractivity contribution is 7.14. The highest BCUT2D eigenvalue weighted by atomic mass is 32.1. The van der Waals surface area contributed by atoms with Crippen LogP contribution >= 0.6 is 11.3 Å². The van der Waals surface area contributed by atoms with E-state index in [0.717, 1.165) is 32.0 Å². The van der Waals surface area contributed by atoms with Gasteiger partial charge in [-0.1, -0.05) is 0 Å². The first-order chi connectivity index (χ1) is 5.88. The van der Waals surface area contributed by atoms with Gasteiger partial charge in [0.15, 0.2) is 0 Å². The Morgan fingerprint density at radius 1 is 1.50 bits per heavy atom. The monoisotopic (exact) mass is 184 g/mol. The maximum atomic E-state index is 5.28. The van der Waals surface area contributed by atoms with Gasteiger partial charge >= 0.3 is 0 Å². The summed E-state index contributed by atoms with van der Waals surface area (Å²) in [5.41, 5.74) is 3.04. The molecule has 0 saturated carbocycles. The largest absolute Gasteiger partial charge is 0.378 e. The molecule has 12 heavy (non-hydrogen) atoms. The van der Waals surface area contributed by atoms with Gasteiger partial charge in [0, 0.05) is 13.1 Å². The van der Waals surface area contributed by atoms with E-state index in [1.54, 1.807) is 11.3 Å². The maximum Gasteiger partial charge on any atom is 0.114 e. The fourth-order valence-electron chi connectivity index (χ4n) is 1.37. The normalized spacial score (nSPS) is 18.2. The average Bonchev–Trinajstić information content (AvgIpc) is 2.53. The number of hydrogen-bond donors (Lipinski definition) is 0. The zero-order valence-corrected chi connectivity index (χ0v) is 7.93. The second-order valence-corrected chi connectivity index (χ2v) is 3.68. The number of morpholine rings is 1. The van der Waals surface area contributed by atoms with Gasteiger partial charge in [0.25, 0.3) is 0 Å². The predicted molar refractivity (Wildman–Crippen MR) is 49.9 cm³/mol. The van der Waals surface area contributed by atoms with Crippen molar-refractivity contribution < 1.29 is 4.74 Å². The van der Waals surface area contributed by atoms with Crippen LogP contribution in [0, 0.1) is 6.92 Å². The van der Waals surface area contributed by atoms with Crippen molar-refractivity contribution in [3.8, 4) is 0 Å². The third-order valence-corrected chi connectivity index (χ3v) is 3.01. The van der Waals surface area contributed by atoms with Crippen LogP contribution in [0.25, 0.3) is 0 Å². The molecule has 1 aliphatic heterocycles. The lowest BCUT2D eigenvalue weighted by atomic mass is 10.4. The van der Waals surface area contributed by atoms with Crippen molar-refractivity contribution in [1.82, 2.24) is 4.98 Å². The Hall–Kier alpha value is -0.610. The molecule has 2 rings (SSSR count). The topological polar surface area (TPSA) is 25.4 Å². The summed E-state index contributed by atoms with van der Waals surface area (Å²) >= 11 is 1.72. The molecule has 1 saturated heterocycles. The van der Waals surface area contributed by atoms with E-state index in [1.807, 2.05) is 5.51 Å². The van der Waals surface area contributed by atoms with E-state index in [1.165, 1.54) is 5.00 Å². The molecule has 0 amide bonds. The molecule has 1 fully saturated rings. The summed E-state index contributed by atoms with van der Waals surface area (Å²) < 4.78 is 5.28. The second kappa shape index (κ2) is 3.41. The van der Waals surface area contributed by atoms with Gasteiger partial charge in [0.1, 0.15) is 5.00 Å². The SMILES string of the molecule is Cc1ncsc1N1CCOCC1. The van der Waals surface area contributed by atoms with Crippen LogP contribution in [0.1, 0.15) is 5.69 Å². The maximum absolute atomic E-state index is 5.28. The van der Waals surface area contributed by atoms with Crippen molar-refractivity contribution in [1.29, 1.82) is 0 Å². The molecular formula is C8H12N2OS. The van der Waals surface area contributed by atoms with Crippen molar-refractivity contribution in [2.24, 2.45) is 0 Å². The van der Waals surface area contributed by atoms with Crippen molar-refractivity contribution in [2.45, 2.75) is 6.92 Å². The fraction of sp³-hybridized carbons (Fsp3) is 0.625. The summed E-state index contributed by atoms with van der Waals surface area (Å²) in [5.74, 6) is 0. The van der Waals surface area contributed by atoms with Gasteiger partial charge in [0.2, 0.25) is 0 Å². The Morgan fingerprint density at radius 3 is 2.83 bits per heavy atom. The Bertz CT molecular complexity index is 255. The van der Waals surface area contributed by atoms with Crippen molar-refractivity contribution in [2.75, 3.05) is 31.2 Å². The Morgan fingerprint density at radius 2 is 2.25 bits per heavy atom. The summed E-state index contributed by atoms with van der Waals surface area (Å²) in [7, 11) is 0. The van der Waals surface area contributed by atoms with Gasteiger partial charge in [0.05, 0.1) is 24.4 Å². The summed E-state index contributed by atoms with van der Waals surface area (Å²) in [6, 6.07) is 0. The molecule has 3 nitrogen and oxygen atoms in total. The number of aromatic nitrogens is 1. The van der Waals surface area contributed by atoms with E-state index >= 15 is 0 Å². The number of rotatable bonds is 1. The molecule has 66 valence electrons. The number of hydrogen-bond acceptors (Lipinski definition) is 4. The minimum Gasteiger partial charge on any atom is -0.378 e. The molecule has 0 aromatic carbocycles. The van der Waals surface area contributed by atoms with Crippen LogP contribution in [0.5, 0.6) is 0 Å². The number of nitrogens with zero attached hydrogens (tertiary/aromatic N) is 2. The van der Waals surface area contributed by atoms with Crippen LogP contribution < -0.4 is 4.90 Å². The van der Waals surface area contributed by atoms with Gasteiger partial charge in [-0.3, -0.25) is 0 Å². The first kappa shape index (κ1) is 8.01. The highest BCUT2D eigenvalue weighted by Crippen LogP contribution is 2.24. The predicted octanol–water partition coefficient (Wildman–Crippen LogP) is 1.29. The van der Waals surface area contributed by atoms with Crippen LogP contribution in [0.4, 0.5) is 5.00 Å². The van der Waals surface area contributed by atoms with Crippen molar-refractivity contribution in [3.63, 3.8) is 0 Å². The second-order valence-electron chi connectivity index (χ2n) is 2.84. The molecule has 4 heteroatoms. The van der Waals surface area contributed by atoms with Gasteiger partial charge in [-0.25, -0.2) is 4.98 Å². The number of thiazole rings is 1. The Kier molecular flexibility index (Phi) is 2.28. The molecule has 0 aliphatic carbocycles. The minimum atomic E-state index is 0.845. The molecule has 0 bridgehead atoms. The molecular weight excluding hydrogens is 172 g/mol. The standard InChI is InChI=1S/C8H12N2OS/c1-7-8(12-6-9-7)10-2-4-11-5-3-10/h6H,2-5H2,1H3. The first-order valence-electron chi connectivity index (χ1n) is 4.11. The van der Waals surface area contributed by atoms with E-state index in [2.05, 4.69) is 16.8 Å². The van der Waals surface area contributed by atoms with Gasteiger partial charge < -0.3 is 9.64 Å². The van der Waals surface area contributed by atoms with Crippen molar-refractivity contribution in [3.05, 3.63) is 11.2 Å². The Balaban J connectivity index is 2.13. The molecule has 0 spiro atoms. The van der Waals surface area contributed by atoms with Crippen molar-refractivity contribution >= 4 is 16.3 Å². The molecule has 0 atom stereocenters.